The van der Waals surface area contributed by atoms with Crippen molar-refractivity contribution < 1.29 is 9.53 Å². The van der Waals surface area contributed by atoms with Crippen molar-refractivity contribution in [3.05, 3.63) is 21.2 Å². The van der Waals surface area contributed by atoms with Crippen molar-refractivity contribution in [2.24, 2.45) is 11.7 Å². The molecular weight excluding hydrogens is 455 g/mol. The van der Waals surface area contributed by atoms with Crippen LogP contribution in [-0.4, -0.2) is 26.2 Å². The third-order valence-electron chi connectivity index (χ3n) is 4.88. The number of hydrogen-bond donors (Lipinski definition) is 1. The van der Waals surface area contributed by atoms with Gasteiger partial charge in [-0.2, -0.15) is 0 Å². The average Bonchev–Trinajstić information content (AvgIpc) is 2.85. The molecule has 2 aromatic heterocycles. The van der Waals surface area contributed by atoms with Gasteiger partial charge in [-0.3, -0.25) is 0 Å². The Bertz CT molecular complexity index is 784. The van der Waals surface area contributed by atoms with Crippen LogP contribution in [0.25, 0.3) is 11.0 Å². The van der Waals surface area contributed by atoms with Crippen LogP contribution >= 0.6 is 34.2 Å². The highest BCUT2D eigenvalue weighted by Crippen LogP contribution is 2.39. The second-order valence-electron chi connectivity index (χ2n) is 7.31. The molecule has 1 saturated carbocycles. The zero-order chi connectivity index (χ0) is 18.2. The number of carbonyl (C=O) groups excluding carboxylic acids is 1. The molecular formula is C17H22ClIN4O2. The van der Waals surface area contributed by atoms with E-state index >= 15 is 0 Å². The molecule has 2 heterocycles. The minimum Gasteiger partial charge on any atom is -0.444 e. The number of nitrogens with zero attached hydrogens (tertiary/aromatic N) is 3. The lowest BCUT2D eigenvalue weighted by Crippen LogP contribution is -2.34. The van der Waals surface area contributed by atoms with Crippen molar-refractivity contribution in [3.63, 3.8) is 0 Å². The third-order valence-corrected chi connectivity index (χ3v) is 5.99. The molecule has 1 aliphatic rings. The first-order valence-electron chi connectivity index (χ1n) is 8.42. The maximum absolute atomic E-state index is 11.0. The number of carbonyl (C=O) groups is 1. The first-order valence-corrected chi connectivity index (χ1v) is 9.87. The maximum atomic E-state index is 11.0. The number of nitrogens with two attached hydrogens (primary N) is 1. The molecule has 0 bridgehead atoms. The number of amides is 1. The van der Waals surface area contributed by atoms with Crippen molar-refractivity contribution >= 4 is 51.3 Å². The van der Waals surface area contributed by atoms with Gasteiger partial charge in [0.2, 0.25) is 0 Å². The third kappa shape index (κ3) is 4.19. The van der Waals surface area contributed by atoms with Crippen LogP contribution < -0.4 is 5.73 Å². The number of aromatic nitrogens is 3. The Balaban J connectivity index is 1.69. The fourth-order valence-electron chi connectivity index (χ4n) is 3.92. The van der Waals surface area contributed by atoms with Crippen molar-refractivity contribution in [1.82, 2.24) is 14.5 Å². The minimum absolute atomic E-state index is 0.411. The summed E-state index contributed by atoms with van der Waals surface area (Å²) in [6.45, 7) is 3.84. The zero-order valence-electron chi connectivity index (χ0n) is 14.3. The summed E-state index contributed by atoms with van der Waals surface area (Å²) < 4.78 is 8.55. The number of primary amides is 1. The first kappa shape index (κ1) is 18.7. The molecule has 1 aliphatic carbocycles. The molecule has 8 heteroatoms. The fourth-order valence-corrected chi connectivity index (χ4v) is 5.11. The highest BCUT2D eigenvalue weighted by molar-refractivity contribution is 14.1. The molecule has 0 unspecified atom stereocenters. The highest BCUT2D eigenvalue weighted by Gasteiger charge is 2.31. The molecule has 0 spiro atoms. The van der Waals surface area contributed by atoms with Crippen LogP contribution in [0, 0.1) is 9.49 Å². The van der Waals surface area contributed by atoms with Gasteiger partial charge in [0.05, 0.1) is 5.39 Å². The molecule has 0 atom stereocenters. The van der Waals surface area contributed by atoms with Gasteiger partial charge in [-0.25, -0.2) is 14.8 Å². The maximum Gasteiger partial charge on any atom is 0.405 e. The van der Waals surface area contributed by atoms with Gasteiger partial charge in [-0.05, 0) is 74.5 Å². The van der Waals surface area contributed by atoms with Gasteiger partial charge in [-0.1, -0.05) is 11.6 Å². The molecule has 0 aromatic carbocycles. The van der Waals surface area contributed by atoms with Gasteiger partial charge in [0.25, 0.3) is 0 Å². The summed E-state index contributed by atoms with van der Waals surface area (Å²) in [5.74, 6) is 0.532. The molecule has 3 rings (SSSR count). The SMILES string of the molecule is CC(C)(CC1CCC(n2cc(I)c3c(Cl)ncnc32)CC1)OC(N)=O. The van der Waals surface area contributed by atoms with Crippen LogP contribution in [0.3, 0.4) is 0 Å². The summed E-state index contributed by atoms with van der Waals surface area (Å²) >= 11 is 8.52. The Labute approximate surface area is 165 Å². The van der Waals surface area contributed by atoms with Crippen molar-refractivity contribution in [3.8, 4) is 0 Å². The molecule has 136 valence electrons. The van der Waals surface area contributed by atoms with Crippen LogP contribution in [0.2, 0.25) is 5.15 Å². The van der Waals surface area contributed by atoms with Gasteiger partial charge < -0.3 is 15.0 Å². The smallest absolute Gasteiger partial charge is 0.405 e. The van der Waals surface area contributed by atoms with Crippen LogP contribution in [0.5, 0.6) is 0 Å². The van der Waals surface area contributed by atoms with E-state index in [2.05, 4.69) is 43.3 Å². The summed E-state index contributed by atoms with van der Waals surface area (Å²) in [5.41, 5.74) is 5.55. The molecule has 6 nitrogen and oxygen atoms in total. The molecule has 1 amide bonds. The fraction of sp³-hybridized carbons (Fsp3) is 0.588. The first-order chi connectivity index (χ1) is 11.8. The second kappa shape index (κ2) is 7.26. The topological polar surface area (TPSA) is 83.0 Å². The summed E-state index contributed by atoms with van der Waals surface area (Å²) in [5, 5.41) is 1.44. The summed E-state index contributed by atoms with van der Waals surface area (Å²) in [7, 11) is 0. The molecule has 0 saturated heterocycles. The van der Waals surface area contributed by atoms with E-state index in [0.717, 1.165) is 46.7 Å². The molecule has 2 N–H and O–H groups in total. The van der Waals surface area contributed by atoms with E-state index in [1.807, 2.05) is 13.8 Å². The van der Waals surface area contributed by atoms with E-state index in [1.165, 1.54) is 6.33 Å². The Morgan fingerprint density at radius 3 is 2.72 bits per heavy atom. The molecule has 0 aliphatic heterocycles. The standard InChI is InChI=1S/C17H22ClIN4O2/c1-17(2,25-16(20)24)7-10-3-5-11(6-4-10)23-8-12(19)13-14(18)21-9-22-15(13)23/h8-11H,3-7H2,1-2H3,(H2,20,24). The average molecular weight is 477 g/mol. The monoisotopic (exact) mass is 476 g/mol. The highest BCUT2D eigenvalue weighted by atomic mass is 127. The van der Waals surface area contributed by atoms with Gasteiger partial charge in [0, 0.05) is 15.8 Å². The number of hydrogen-bond acceptors (Lipinski definition) is 4. The van der Waals surface area contributed by atoms with Crippen molar-refractivity contribution in [2.75, 3.05) is 0 Å². The van der Waals surface area contributed by atoms with Gasteiger partial charge >= 0.3 is 6.09 Å². The normalized spacial score (nSPS) is 21.4. The molecule has 2 aromatic rings. The van der Waals surface area contributed by atoms with E-state index in [-0.39, 0.29) is 0 Å². The van der Waals surface area contributed by atoms with Crippen molar-refractivity contribution in [1.29, 1.82) is 0 Å². The van der Waals surface area contributed by atoms with Gasteiger partial charge in [0.1, 0.15) is 22.7 Å². The van der Waals surface area contributed by atoms with E-state index in [9.17, 15) is 4.79 Å². The van der Waals surface area contributed by atoms with Crippen LogP contribution in [-0.2, 0) is 4.74 Å². The predicted octanol–water partition coefficient (Wildman–Crippen LogP) is 4.68. The van der Waals surface area contributed by atoms with Gasteiger partial charge in [-0.15, -0.1) is 0 Å². The zero-order valence-corrected chi connectivity index (χ0v) is 17.2. The lowest BCUT2D eigenvalue weighted by molar-refractivity contribution is 0.0201. The lowest BCUT2D eigenvalue weighted by atomic mass is 9.80. The van der Waals surface area contributed by atoms with E-state index in [4.69, 9.17) is 22.1 Å². The number of ether oxygens (including phenoxy) is 1. The second-order valence-corrected chi connectivity index (χ2v) is 8.83. The van der Waals surface area contributed by atoms with Crippen LogP contribution in [0.4, 0.5) is 4.79 Å². The quantitative estimate of drug-likeness (QED) is 0.513. The number of rotatable bonds is 4. The molecule has 25 heavy (non-hydrogen) atoms. The van der Waals surface area contributed by atoms with Gasteiger partial charge in [0.15, 0.2) is 0 Å². The van der Waals surface area contributed by atoms with E-state index in [1.54, 1.807) is 0 Å². The lowest BCUT2D eigenvalue weighted by Gasteiger charge is -2.34. The molecule has 0 radical (unpaired) electrons. The van der Waals surface area contributed by atoms with Crippen molar-refractivity contribution in [2.45, 2.75) is 57.6 Å². The summed E-state index contributed by atoms with van der Waals surface area (Å²) in [6, 6.07) is 0.411. The Kier molecular flexibility index (Phi) is 5.43. The number of fused-ring (bicyclic) bond motifs is 1. The Morgan fingerprint density at radius 2 is 2.08 bits per heavy atom. The minimum atomic E-state index is -0.705. The Hall–Kier alpha value is -1.09. The largest absolute Gasteiger partial charge is 0.444 e. The summed E-state index contributed by atoms with van der Waals surface area (Å²) in [6.07, 6.45) is 8.08. The van der Waals surface area contributed by atoms with Crippen LogP contribution in [0.15, 0.2) is 12.5 Å². The Morgan fingerprint density at radius 1 is 1.40 bits per heavy atom. The predicted molar refractivity (Wildman–Crippen MR) is 106 cm³/mol. The number of halogens is 2. The molecule has 1 fully saturated rings. The van der Waals surface area contributed by atoms with E-state index < -0.39 is 11.7 Å². The van der Waals surface area contributed by atoms with E-state index in [0.29, 0.717) is 17.1 Å². The summed E-state index contributed by atoms with van der Waals surface area (Å²) in [4.78, 5) is 19.5. The van der Waals surface area contributed by atoms with Crippen LogP contribution in [0.1, 0.15) is 52.0 Å².